The smallest absolute Gasteiger partial charge is 0.417 e. The van der Waals surface area contributed by atoms with E-state index in [4.69, 9.17) is 10.5 Å². The van der Waals surface area contributed by atoms with Gasteiger partial charge in [-0.15, -0.1) is 0 Å². The van der Waals surface area contributed by atoms with E-state index in [1.807, 2.05) is 30.3 Å². The molecule has 1 aliphatic heterocycles. The van der Waals surface area contributed by atoms with Crippen LogP contribution in [-0.4, -0.2) is 29.0 Å². The quantitative estimate of drug-likeness (QED) is 0.820. The standard InChI is InChI=1S/C19H18F3N3O2/c20-19(21,22)15-8-9-16(24-11-15)27-17(13-5-2-1-3-6-13)14-7-4-10-25(12-14)18(23)26/h1-3,5-6,8-9,11H,4,7,10,12H2,(H2,23,26). The molecule has 0 aliphatic carbocycles. The fraction of sp³-hybridized carbons (Fsp3) is 0.263. The van der Waals surface area contributed by atoms with Crippen LogP contribution in [0.15, 0.2) is 54.2 Å². The Kier molecular flexibility index (Phi) is 5.34. The van der Waals surface area contributed by atoms with Crippen molar-refractivity contribution in [1.82, 2.24) is 9.88 Å². The van der Waals surface area contributed by atoms with Crippen LogP contribution < -0.4 is 10.5 Å². The van der Waals surface area contributed by atoms with Crippen molar-refractivity contribution in [3.8, 4) is 5.88 Å². The van der Waals surface area contributed by atoms with Crippen molar-refractivity contribution < 1.29 is 22.7 Å². The summed E-state index contributed by atoms with van der Waals surface area (Å²) >= 11 is 0. The van der Waals surface area contributed by atoms with E-state index in [-0.39, 0.29) is 5.88 Å². The number of carbonyl (C=O) groups is 1. The van der Waals surface area contributed by atoms with Crippen LogP contribution in [0.5, 0.6) is 5.88 Å². The van der Waals surface area contributed by atoms with Gasteiger partial charge in [0.1, 0.15) is 5.76 Å². The van der Waals surface area contributed by atoms with Crippen LogP contribution in [0, 0.1) is 0 Å². The highest BCUT2D eigenvalue weighted by Crippen LogP contribution is 2.31. The van der Waals surface area contributed by atoms with Crippen molar-refractivity contribution >= 4 is 11.8 Å². The molecular weight excluding hydrogens is 359 g/mol. The van der Waals surface area contributed by atoms with Gasteiger partial charge in [-0.25, -0.2) is 9.78 Å². The molecule has 3 rings (SSSR count). The van der Waals surface area contributed by atoms with E-state index in [0.29, 0.717) is 25.3 Å². The van der Waals surface area contributed by atoms with Crippen LogP contribution in [0.25, 0.3) is 5.76 Å². The zero-order valence-electron chi connectivity index (χ0n) is 14.4. The molecule has 5 nitrogen and oxygen atoms in total. The van der Waals surface area contributed by atoms with Gasteiger partial charge >= 0.3 is 12.2 Å². The van der Waals surface area contributed by atoms with Crippen molar-refractivity contribution in [1.29, 1.82) is 0 Å². The number of benzene rings is 1. The summed E-state index contributed by atoms with van der Waals surface area (Å²) < 4.78 is 44.0. The molecule has 1 aromatic carbocycles. The van der Waals surface area contributed by atoms with E-state index >= 15 is 0 Å². The topological polar surface area (TPSA) is 68.5 Å². The molecule has 2 amide bonds. The number of piperidine rings is 1. The van der Waals surface area contributed by atoms with Gasteiger partial charge in [0.2, 0.25) is 5.88 Å². The highest BCUT2D eigenvalue weighted by molar-refractivity contribution is 5.74. The second-order valence-electron chi connectivity index (χ2n) is 6.15. The molecule has 0 radical (unpaired) electrons. The first kappa shape index (κ1) is 18.8. The third kappa shape index (κ3) is 4.58. The van der Waals surface area contributed by atoms with Gasteiger partial charge in [0.15, 0.2) is 0 Å². The Morgan fingerprint density at radius 3 is 2.48 bits per heavy atom. The molecule has 142 valence electrons. The third-order valence-electron chi connectivity index (χ3n) is 4.23. The number of aromatic nitrogens is 1. The number of carbonyl (C=O) groups excluding carboxylic acids is 1. The lowest BCUT2D eigenvalue weighted by molar-refractivity contribution is -0.137. The second-order valence-corrected chi connectivity index (χ2v) is 6.15. The number of rotatable bonds is 3. The first-order valence-corrected chi connectivity index (χ1v) is 8.37. The summed E-state index contributed by atoms with van der Waals surface area (Å²) in [5.41, 5.74) is 6.13. The number of pyridine rings is 1. The fourth-order valence-electron chi connectivity index (χ4n) is 2.88. The number of nitrogens with zero attached hydrogens (tertiary/aromatic N) is 2. The van der Waals surface area contributed by atoms with Crippen LogP contribution in [0.3, 0.4) is 0 Å². The lowest BCUT2D eigenvalue weighted by atomic mass is 10.00. The number of amides is 2. The predicted octanol–water partition coefficient (Wildman–Crippen LogP) is 4.07. The number of halogens is 3. The molecule has 0 saturated carbocycles. The minimum atomic E-state index is -4.46. The zero-order chi connectivity index (χ0) is 19.4. The lowest BCUT2D eigenvalue weighted by Gasteiger charge is -2.28. The number of likely N-dealkylation sites (tertiary alicyclic amines) is 1. The van der Waals surface area contributed by atoms with Crippen molar-refractivity contribution in [2.24, 2.45) is 5.73 Å². The summed E-state index contributed by atoms with van der Waals surface area (Å²) in [5.74, 6) is 0.527. The lowest BCUT2D eigenvalue weighted by Crippen LogP contribution is -2.40. The molecule has 0 bridgehead atoms. The molecule has 2 N–H and O–H groups in total. The van der Waals surface area contributed by atoms with Gasteiger partial charge in [-0.2, -0.15) is 13.2 Å². The van der Waals surface area contributed by atoms with E-state index < -0.39 is 17.8 Å². The second kappa shape index (κ2) is 7.69. The molecule has 27 heavy (non-hydrogen) atoms. The van der Waals surface area contributed by atoms with E-state index in [1.165, 1.54) is 11.0 Å². The van der Waals surface area contributed by atoms with Gasteiger partial charge in [-0.05, 0) is 24.5 Å². The molecule has 1 saturated heterocycles. The molecule has 0 atom stereocenters. The summed E-state index contributed by atoms with van der Waals surface area (Å²) in [5, 5.41) is 0. The summed E-state index contributed by atoms with van der Waals surface area (Å²) in [6.07, 6.45) is -2.32. The Morgan fingerprint density at radius 2 is 1.89 bits per heavy atom. The fourth-order valence-corrected chi connectivity index (χ4v) is 2.88. The predicted molar refractivity (Wildman–Crippen MR) is 93.6 cm³/mol. The molecule has 2 heterocycles. The highest BCUT2D eigenvalue weighted by atomic mass is 19.4. The average Bonchev–Trinajstić information content (AvgIpc) is 2.66. The van der Waals surface area contributed by atoms with Crippen LogP contribution in [0.4, 0.5) is 18.0 Å². The minimum Gasteiger partial charge on any atom is -0.438 e. The number of hydrogen-bond acceptors (Lipinski definition) is 3. The summed E-state index contributed by atoms with van der Waals surface area (Å²) in [4.78, 5) is 16.8. The molecule has 1 aliphatic rings. The number of hydrogen-bond donors (Lipinski definition) is 1. The maximum absolute atomic E-state index is 12.7. The van der Waals surface area contributed by atoms with Gasteiger partial charge in [0, 0.05) is 30.9 Å². The number of ether oxygens (including phenoxy) is 1. The first-order chi connectivity index (χ1) is 12.8. The first-order valence-electron chi connectivity index (χ1n) is 8.37. The van der Waals surface area contributed by atoms with Crippen molar-refractivity contribution in [2.75, 3.05) is 13.1 Å². The highest BCUT2D eigenvalue weighted by Gasteiger charge is 2.31. The van der Waals surface area contributed by atoms with Crippen LogP contribution in [0.1, 0.15) is 24.0 Å². The average molecular weight is 377 g/mol. The summed E-state index contributed by atoms with van der Waals surface area (Å²) in [7, 11) is 0. The minimum absolute atomic E-state index is 0.0468. The maximum Gasteiger partial charge on any atom is 0.417 e. The molecule has 1 aromatic heterocycles. The Hall–Kier alpha value is -3.03. The van der Waals surface area contributed by atoms with Gasteiger partial charge < -0.3 is 15.4 Å². The van der Waals surface area contributed by atoms with Gasteiger partial charge in [-0.1, -0.05) is 30.3 Å². The van der Waals surface area contributed by atoms with Gasteiger partial charge in [-0.3, -0.25) is 0 Å². The molecule has 0 spiro atoms. The SMILES string of the molecule is NC(=O)N1CCCC(=C(Oc2ccc(C(F)(F)F)cn2)c2ccccc2)C1. The van der Waals surface area contributed by atoms with Crippen molar-refractivity contribution in [2.45, 2.75) is 19.0 Å². The van der Waals surface area contributed by atoms with E-state index in [9.17, 15) is 18.0 Å². The molecule has 8 heteroatoms. The largest absolute Gasteiger partial charge is 0.438 e. The molecule has 2 aromatic rings. The van der Waals surface area contributed by atoms with Crippen LogP contribution in [0.2, 0.25) is 0 Å². The maximum atomic E-state index is 12.7. The van der Waals surface area contributed by atoms with E-state index in [1.54, 1.807) is 0 Å². The Labute approximate surface area is 154 Å². The Morgan fingerprint density at radius 1 is 1.15 bits per heavy atom. The van der Waals surface area contributed by atoms with Crippen LogP contribution in [-0.2, 0) is 6.18 Å². The zero-order valence-corrected chi connectivity index (χ0v) is 14.4. The summed E-state index contributed by atoms with van der Waals surface area (Å²) in [6.45, 7) is 0.861. The monoisotopic (exact) mass is 377 g/mol. The van der Waals surface area contributed by atoms with Crippen molar-refractivity contribution in [3.05, 3.63) is 65.4 Å². The summed E-state index contributed by atoms with van der Waals surface area (Å²) in [6, 6.07) is 10.7. The van der Waals surface area contributed by atoms with Gasteiger partial charge in [0.05, 0.1) is 5.56 Å². The Balaban J connectivity index is 1.94. The number of alkyl halides is 3. The van der Waals surface area contributed by atoms with Crippen LogP contribution >= 0.6 is 0 Å². The number of nitrogens with two attached hydrogens (primary N) is 1. The number of primary amides is 1. The van der Waals surface area contributed by atoms with Gasteiger partial charge in [0.25, 0.3) is 0 Å². The normalized spacial score (nSPS) is 16.8. The number of urea groups is 1. The molecule has 0 unspecified atom stereocenters. The van der Waals surface area contributed by atoms with E-state index in [0.717, 1.165) is 29.8 Å². The van der Waals surface area contributed by atoms with Crippen molar-refractivity contribution in [3.63, 3.8) is 0 Å². The third-order valence-corrected chi connectivity index (χ3v) is 4.23. The molecular formula is C19H18F3N3O2. The van der Waals surface area contributed by atoms with E-state index in [2.05, 4.69) is 4.98 Å². The Bertz CT molecular complexity index is 834. The molecule has 1 fully saturated rings.